The normalized spacial score (nSPS) is 9.76. The van der Waals surface area contributed by atoms with Gasteiger partial charge in [0.05, 0.1) is 0 Å². The van der Waals surface area contributed by atoms with E-state index in [1.54, 1.807) is 0 Å². The van der Waals surface area contributed by atoms with Crippen molar-refractivity contribution in [1.82, 2.24) is 5.32 Å². The molecule has 17 heavy (non-hydrogen) atoms. The number of rotatable bonds is 5. The van der Waals surface area contributed by atoms with Gasteiger partial charge in [-0.25, -0.2) is 0 Å². The fourth-order valence-electron chi connectivity index (χ4n) is 1.36. The molecule has 0 aromatic heterocycles. The van der Waals surface area contributed by atoms with Crippen molar-refractivity contribution in [2.45, 2.75) is 6.92 Å². The maximum Gasteiger partial charge on any atom is 0.216 e. The largest absolute Gasteiger partial charge is 0.389 e. The molecule has 0 unspecified atom stereocenters. The molecule has 0 aliphatic rings. The van der Waals surface area contributed by atoms with Crippen LogP contribution in [0.4, 0.5) is 5.69 Å². The molecule has 0 saturated carbocycles. The summed E-state index contributed by atoms with van der Waals surface area (Å²) >= 11 is 8.40. The summed E-state index contributed by atoms with van der Waals surface area (Å²) in [5, 5.41) is 5.88. The van der Waals surface area contributed by atoms with Gasteiger partial charge in [0, 0.05) is 35.7 Å². The highest BCUT2D eigenvalue weighted by molar-refractivity contribution is 9.10. The molecule has 6 heteroatoms. The van der Waals surface area contributed by atoms with Gasteiger partial charge in [0.25, 0.3) is 0 Å². The minimum Gasteiger partial charge on any atom is -0.389 e. The van der Waals surface area contributed by atoms with E-state index in [0.29, 0.717) is 18.1 Å². The van der Waals surface area contributed by atoms with Crippen molar-refractivity contribution in [2.75, 3.05) is 18.4 Å². The third kappa shape index (κ3) is 4.32. The fraction of sp³-hybridized carbons (Fsp3) is 0.273. The Labute approximate surface area is 114 Å². The molecule has 1 rings (SSSR count). The SMILES string of the molecule is CC(=O)NCCNc1cccc(Br)c1C(N)=S. The summed E-state index contributed by atoms with van der Waals surface area (Å²) in [5.41, 5.74) is 7.30. The Morgan fingerprint density at radius 1 is 1.47 bits per heavy atom. The predicted octanol–water partition coefficient (Wildman–Crippen LogP) is 1.63. The Morgan fingerprint density at radius 2 is 2.18 bits per heavy atom. The van der Waals surface area contributed by atoms with Gasteiger partial charge in [0.2, 0.25) is 5.91 Å². The lowest BCUT2D eigenvalue weighted by molar-refractivity contribution is -0.118. The lowest BCUT2D eigenvalue weighted by Gasteiger charge is -2.12. The monoisotopic (exact) mass is 315 g/mol. The number of hydrogen-bond acceptors (Lipinski definition) is 3. The Balaban J connectivity index is 2.67. The first-order valence-corrected chi connectivity index (χ1v) is 6.29. The molecule has 4 nitrogen and oxygen atoms in total. The zero-order valence-electron chi connectivity index (χ0n) is 9.42. The number of nitrogens with one attached hydrogen (secondary N) is 2. The summed E-state index contributed by atoms with van der Waals surface area (Å²) in [6.45, 7) is 2.66. The van der Waals surface area contributed by atoms with Gasteiger partial charge in [-0.2, -0.15) is 0 Å². The van der Waals surface area contributed by atoms with E-state index in [2.05, 4.69) is 26.6 Å². The summed E-state index contributed by atoms with van der Waals surface area (Å²) in [5.74, 6) is -0.0457. The maximum absolute atomic E-state index is 10.7. The molecule has 0 aliphatic carbocycles. The van der Waals surface area contributed by atoms with Gasteiger partial charge in [0.1, 0.15) is 4.99 Å². The van der Waals surface area contributed by atoms with E-state index >= 15 is 0 Å². The van der Waals surface area contributed by atoms with E-state index in [0.717, 1.165) is 15.7 Å². The molecule has 1 aromatic carbocycles. The van der Waals surface area contributed by atoms with Crippen molar-refractivity contribution in [3.63, 3.8) is 0 Å². The van der Waals surface area contributed by atoms with Crippen molar-refractivity contribution in [2.24, 2.45) is 5.73 Å². The molecule has 1 amide bonds. The Morgan fingerprint density at radius 3 is 2.76 bits per heavy atom. The van der Waals surface area contributed by atoms with E-state index in [1.165, 1.54) is 6.92 Å². The van der Waals surface area contributed by atoms with Crippen molar-refractivity contribution in [3.05, 3.63) is 28.2 Å². The van der Waals surface area contributed by atoms with Crippen LogP contribution in [0.5, 0.6) is 0 Å². The Hall–Kier alpha value is -1.14. The fourth-order valence-corrected chi connectivity index (χ4v) is 2.29. The Kier molecular flexibility index (Phi) is 5.37. The molecule has 4 N–H and O–H groups in total. The van der Waals surface area contributed by atoms with Crippen LogP contribution in [0, 0.1) is 0 Å². The third-order valence-electron chi connectivity index (χ3n) is 2.07. The highest BCUT2D eigenvalue weighted by Gasteiger charge is 2.08. The third-order valence-corrected chi connectivity index (χ3v) is 2.94. The zero-order valence-corrected chi connectivity index (χ0v) is 11.8. The highest BCUT2D eigenvalue weighted by Crippen LogP contribution is 2.24. The van der Waals surface area contributed by atoms with Crippen LogP contribution in [0.3, 0.4) is 0 Å². The molecule has 0 saturated heterocycles. The van der Waals surface area contributed by atoms with Crippen molar-refractivity contribution in [1.29, 1.82) is 0 Å². The van der Waals surface area contributed by atoms with E-state index in [1.807, 2.05) is 18.2 Å². The topological polar surface area (TPSA) is 67.2 Å². The molecule has 0 aliphatic heterocycles. The molecule has 0 radical (unpaired) electrons. The summed E-state index contributed by atoms with van der Waals surface area (Å²) in [7, 11) is 0. The number of halogens is 1. The van der Waals surface area contributed by atoms with E-state index < -0.39 is 0 Å². The van der Waals surface area contributed by atoms with Crippen LogP contribution in [-0.2, 0) is 4.79 Å². The standard InChI is InChI=1S/C11H14BrN3OS/c1-7(16)14-5-6-15-9-4-2-3-8(12)10(9)11(13)17/h2-4,15H,5-6H2,1H3,(H2,13,17)(H,14,16). The van der Waals surface area contributed by atoms with Gasteiger partial charge < -0.3 is 16.4 Å². The van der Waals surface area contributed by atoms with Crippen LogP contribution in [0.1, 0.15) is 12.5 Å². The molecule has 1 aromatic rings. The van der Waals surface area contributed by atoms with Gasteiger partial charge in [-0.05, 0) is 28.1 Å². The lowest BCUT2D eigenvalue weighted by atomic mass is 10.2. The molecule has 0 heterocycles. The smallest absolute Gasteiger partial charge is 0.216 e. The van der Waals surface area contributed by atoms with Gasteiger partial charge in [0.15, 0.2) is 0 Å². The van der Waals surface area contributed by atoms with Crippen molar-refractivity contribution < 1.29 is 4.79 Å². The number of anilines is 1. The second kappa shape index (κ2) is 6.56. The average Bonchev–Trinajstić information content (AvgIpc) is 2.23. The quantitative estimate of drug-likeness (QED) is 0.571. The van der Waals surface area contributed by atoms with Crippen LogP contribution in [0.25, 0.3) is 0 Å². The molecule has 0 bridgehead atoms. The maximum atomic E-state index is 10.7. The zero-order chi connectivity index (χ0) is 12.8. The Bertz CT molecular complexity index is 437. The van der Waals surface area contributed by atoms with Gasteiger partial charge in [-0.1, -0.05) is 18.3 Å². The van der Waals surface area contributed by atoms with Crippen LogP contribution in [0.15, 0.2) is 22.7 Å². The number of thiocarbonyl (C=S) groups is 1. The second-order valence-corrected chi connectivity index (χ2v) is 4.73. The van der Waals surface area contributed by atoms with E-state index in [9.17, 15) is 4.79 Å². The highest BCUT2D eigenvalue weighted by atomic mass is 79.9. The molecule has 92 valence electrons. The van der Waals surface area contributed by atoms with Crippen LogP contribution in [0.2, 0.25) is 0 Å². The molecule has 0 atom stereocenters. The average molecular weight is 316 g/mol. The first-order valence-electron chi connectivity index (χ1n) is 5.09. The van der Waals surface area contributed by atoms with E-state index in [4.69, 9.17) is 18.0 Å². The number of hydrogen-bond donors (Lipinski definition) is 3. The summed E-state index contributed by atoms with van der Waals surface area (Å²) < 4.78 is 0.856. The summed E-state index contributed by atoms with van der Waals surface area (Å²) in [6.07, 6.45) is 0. The summed E-state index contributed by atoms with van der Waals surface area (Å²) in [6, 6.07) is 5.67. The predicted molar refractivity (Wildman–Crippen MR) is 77.2 cm³/mol. The molecule has 0 fully saturated rings. The lowest BCUT2D eigenvalue weighted by Crippen LogP contribution is -2.27. The van der Waals surface area contributed by atoms with Crippen LogP contribution < -0.4 is 16.4 Å². The number of amides is 1. The van der Waals surface area contributed by atoms with Gasteiger partial charge in [-0.3, -0.25) is 4.79 Å². The second-order valence-electron chi connectivity index (χ2n) is 3.44. The number of benzene rings is 1. The van der Waals surface area contributed by atoms with Crippen LogP contribution >= 0.6 is 28.1 Å². The first-order chi connectivity index (χ1) is 8.02. The molecular weight excluding hydrogens is 302 g/mol. The van der Waals surface area contributed by atoms with Gasteiger partial charge in [-0.15, -0.1) is 0 Å². The molecule has 0 spiro atoms. The molecular formula is C11H14BrN3OS. The van der Waals surface area contributed by atoms with Crippen molar-refractivity contribution in [3.8, 4) is 0 Å². The van der Waals surface area contributed by atoms with E-state index in [-0.39, 0.29) is 5.91 Å². The minimum atomic E-state index is -0.0457. The number of carbonyl (C=O) groups excluding carboxylic acids is 1. The minimum absolute atomic E-state index is 0.0457. The summed E-state index contributed by atoms with van der Waals surface area (Å²) in [4.78, 5) is 11.0. The van der Waals surface area contributed by atoms with Crippen molar-refractivity contribution >= 4 is 44.7 Å². The number of nitrogens with two attached hydrogens (primary N) is 1. The number of carbonyl (C=O) groups is 1. The first kappa shape index (κ1) is 13.9. The van der Waals surface area contributed by atoms with Crippen LogP contribution in [-0.4, -0.2) is 24.0 Å². The van der Waals surface area contributed by atoms with Gasteiger partial charge >= 0.3 is 0 Å².